The molecule has 6 heteroatoms. The monoisotopic (exact) mass is 246 g/mol. The topological polar surface area (TPSA) is 102 Å². The van der Waals surface area contributed by atoms with E-state index in [1.807, 2.05) is 6.92 Å². The van der Waals surface area contributed by atoms with Crippen molar-refractivity contribution >= 4 is 11.9 Å². The van der Waals surface area contributed by atoms with Gasteiger partial charge in [0.1, 0.15) is 12.1 Å². The first-order valence-electron chi connectivity index (χ1n) is 5.81. The number of hydrogen-bond donors (Lipinski definition) is 3. The standard InChI is InChI=1S/C11H22N2O4/c1-3-9(17-2)10(14)13-7-5-4-6-8(12)11(15)16/h8-9H,3-7,12H2,1-2H3,(H,13,14)(H,15,16)/t8-,9?/m0/s1. The summed E-state index contributed by atoms with van der Waals surface area (Å²) >= 11 is 0. The molecule has 0 radical (unpaired) electrons. The maximum atomic E-state index is 11.5. The van der Waals surface area contributed by atoms with Crippen LogP contribution in [-0.4, -0.2) is 42.8 Å². The van der Waals surface area contributed by atoms with Gasteiger partial charge in [0.25, 0.3) is 0 Å². The molecule has 0 aliphatic carbocycles. The van der Waals surface area contributed by atoms with Crippen molar-refractivity contribution in [3.05, 3.63) is 0 Å². The predicted molar refractivity (Wildman–Crippen MR) is 63.6 cm³/mol. The molecule has 1 amide bonds. The number of aliphatic carboxylic acids is 1. The number of carbonyl (C=O) groups is 2. The quantitative estimate of drug-likeness (QED) is 0.501. The molecular formula is C11H22N2O4. The molecule has 0 fully saturated rings. The minimum absolute atomic E-state index is 0.127. The van der Waals surface area contributed by atoms with E-state index >= 15 is 0 Å². The number of nitrogens with two attached hydrogens (primary N) is 1. The van der Waals surface area contributed by atoms with E-state index < -0.39 is 18.1 Å². The maximum absolute atomic E-state index is 11.5. The van der Waals surface area contributed by atoms with E-state index in [4.69, 9.17) is 15.6 Å². The molecule has 0 aromatic heterocycles. The van der Waals surface area contributed by atoms with Gasteiger partial charge in [0.2, 0.25) is 5.91 Å². The third kappa shape index (κ3) is 6.91. The lowest BCUT2D eigenvalue weighted by Gasteiger charge is -2.13. The fourth-order valence-corrected chi connectivity index (χ4v) is 1.40. The smallest absolute Gasteiger partial charge is 0.320 e. The molecule has 0 saturated carbocycles. The number of carboxylic acid groups (broad SMARTS) is 1. The largest absolute Gasteiger partial charge is 0.480 e. The Bertz CT molecular complexity index is 242. The highest BCUT2D eigenvalue weighted by Gasteiger charge is 2.14. The highest BCUT2D eigenvalue weighted by atomic mass is 16.5. The van der Waals surface area contributed by atoms with Crippen molar-refractivity contribution < 1.29 is 19.4 Å². The van der Waals surface area contributed by atoms with Gasteiger partial charge in [-0.25, -0.2) is 0 Å². The summed E-state index contributed by atoms with van der Waals surface area (Å²) < 4.78 is 4.98. The van der Waals surface area contributed by atoms with Crippen LogP contribution in [0.4, 0.5) is 0 Å². The van der Waals surface area contributed by atoms with E-state index in [0.717, 1.165) is 0 Å². The lowest BCUT2D eigenvalue weighted by Crippen LogP contribution is -2.36. The van der Waals surface area contributed by atoms with Crippen LogP contribution in [0, 0.1) is 0 Å². The van der Waals surface area contributed by atoms with Crippen molar-refractivity contribution in [1.82, 2.24) is 5.32 Å². The molecule has 4 N–H and O–H groups in total. The van der Waals surface area contributed by atoms with Gasteiger partial charge in [-0.15, -0.1) is 0 Å². The zero-order valence-electron chi connectivity index (χ0n) is 10.4. The van der Waals surface area contributed by atoms with Crippen molar-refractivity contribution in [2.45, 2.75) is 44.8 Å². The summed E-state index contributed by atoms with van der Waals surface area (Å²) in [6, 6.07) is -0.812. The average molecular weight is 246 g/mol. The first-order valence-corrected chi connectivity index (χ1v) is 5.81. The van der Waals surface area contributed by atoms with Gasteiger partial charge in [0, 0.05) is 13.7 Å². The van der Waals surface area contributed by atoms with E-state index in [9.17, 15) is 9.59 Å². The molecule has 0 aliphatic heterocycles. The number of carboxylic acids is 1. The number of methoxy groups -OCH3 is 1. The van der Waals surface area contributed by atoms with Crippen LogP contribution in [0.5, 0.6) is 0 Å². The van der Waals surface area contributed by atoms with Crippen molar-refractivity contribution in [1.29, 1.82) is 0 Å². The Morgan fingerprint density at radius 3 is 2.53 bits per heavy atom. The second-order valence-electron chi connectivity index (χ2n) is 3.86. The highest BCUT2D eigenvalue weighted by Crippen LogP contribution is 1.99. The van der Waals surface area contributed by atoms with E-state index in [1.54, 1.807) is 0 Å². The Morgan fingerprint density at radius 2 is 2.06 bits per heavy atom. The number of amides is 1. The molecule has 2 atom stereocenters. The second-order valence-corrected chi connectivity index (χ2v) is 3.86. The van der Waals surface area contributed by atoms with Gasteiger partial charge in [-0.2, -0.15) is 0 Å². The fourth-order valence-electron chi connectivity index (χ4n) is 1.40. The molecule has 0 aromatic carbocycles. The summed E-state index contributed by atoms with van der Waals surface area (Å²) in [5, 5.41) is 11.3. The number of hydrogen-bond acceptors (Lipinski definition) is 4. The summed E-state index contributed by atoms with van der Waals surface area (Å²) in [6.45, 7) is 2.39. The van der Waals surface area contributed by atoms with Crippen LogP contribution in [0.1, 0.15) is 32.6 Å². The van der Waals surface area contributed by atoms with E-state index in [-0.39, 0.29) is 5.91 Å². The zero-order chi connectivity index (χ0) is 13.3. The third-order valence-corrected chi connectivity index (χ3v) is 2.51. The Hall–Kier alpha value is -1.14. The van der Waals surface area contributed by atoms with Crippen LogP contribution < -0.4 is 11.1 Å². The van der Waals surface area contributed by atoms with Crippen LogP contribution in [0.2, 0.25) is 0 Å². The summed E-state index contributed by atoms with van der Waals surface area (Å²) in [4.78, 5) is 21.9. The Labute approximate surface area is 102 Å². The highest BCUT2D eigenvalue weighted by molar-refractivity contribution is 5.80. The first kappa shape index (κ1) is 15.9. The summed E-state index contributed by atoms with van der Waals surface area (Å²) in [6.07, 6.45) is 2.04. The lowest BCUT2D eigenvalue weighted by atomic mass is 10.1. The van der Waals surface area contributed by atoms with Gasteiger partial charge in [-0.1, -0.05) is 6.92 Å². The molecule has 0 aliphatic rings. The van der Waals surface area contributed by atoms with E-state index in [2.05, 4.69) is 5.32 Å². The number of rotatable bonds is 9. The number of nitrogens with one attached hydrogen (secondary N) is 1. The number of carbonyl (C=O) groups excluding carboxylic acids is 1. The molecule has 17 heavy (non-hydrogen) atoms. The molecular weight excluding hydrogens is 224 g/mol. The normalized spacial score (nSPS) is 14.1. The van der Waals surface area contributed by atoms with Crippen molar-refractivity contribution in [3.8, 4) is 0 Å². The van der Waals surface area contributed by atoms with Crippen molar-refractivity contribution in [3.63, 3.8) is 0 Å². The molecule has 0 rings (SSSR count). The number of unbranched alkanes of at least 4 members (excludes halogenated alkanes) is 1. The summed E-state index contributed by atoms with van der Waals surface area (Å²) in [5.74, 6) is -1.11. The van der Waals surface area contributed by atoms with Crippen molar-refractivity contribution in [2.75, 3.05) is 13.7 Å². The van der Waals surface area contributed by atoms with Gasteiger partial charge in [0.15, 0.2) is 0 Å². The van der Waals surface area contributed by atoms with Crippen LogP contribution in [0.3, 0.4) is 0 Å². The van der Waals surface area contributed by atoms with Crippen LogP contribution in [0.15, 0.2) is 0 Å². The van der Waals surface area contributed by atoms with Gasteiger partial charge in [0.05, 0.1) is 0 Å². The van der Waals surface area contributed by atoms with Gasteiger partial charge < -0.3 is 20.9 Å². The SMILES string of the molecule is CCC(OC)C(=O)NCCCC[C@H](N)C(=O)O. The Balaban J connectivity index is 3.58. The van der Waals surface area contributed by atoms with E-state index in [1.165, 1.54) is 7.11 Å². The van der Waals surface area contributed by atoms with Gasteiger partial charge >= 0.3 is 5.97 Å². The average Bonchev–Trinajstić information content (AvgIpc) is 2.29. The minimum Gasteiger partial charge on any atom is -0.480 e. The molecule has 6 nitrogen and oxygen atoms in total. The van der Waals surface area contributed by atoms with Gasteiger partial charge in [-0.05, 0) is 25.7 Å². The fraction of sp³-hybridized carbons (Fsp3) is 0.818. The predicted octanol–water partition coefficient (Wildman–Crippen LogP) is 0.110. The molecule has 0 heterocycles. The molecule has 0 spiro atoms. The van der Waals surface area contributed by atoms with Crippen LogP contribution >= 0.6 is 0 Å². The lowest BCUT2D eigenvalue weighted by molar-refractivity contribution is -0.138. The minimum atomic E-state index is -0.987. The third-order valence-electron chi connectivity index (χ3n) is 2.51. The molecule has 0 aromatic rings. The van der Waals surface area contributed by atoms with E-state index in [0.29, 0.717) is 32.2 Å². The molecule has 0 saturated heterocycles. The van der Waals surface area contributed by atoms with Crippen LogP contribution in [-0.2, 0) is 14.3 Å². The van der Waals surface area contributed by atoms with Crippen LogP contribution in [0.25, 0.3) is 0 Å². The first-order chi connectivity index (χ1) is 8.02. The molecule has 1 unspecified atom stereocenters. The second kappa shape index (κ2) is 8.95. The molecule has 100 valence electrons. The number of ether oxygens (including phenoxy) is 1. The Morgan fingerprint density at radius 1 is 1.41 bits per heavy atom. The zero-order valence-corrected chi connectivity index (χ0v) is 10.4. The maximum Gasteiger partial charge on any atom is 0.320 e. The summed E-state index contributed by atoms with van der Waals surface area (Å²) in [7, 11) is 1.50. The molecule has 0 bridgehead atoms. The van der Waals surface area contributed by atoms with Gasteiger partial charge in [-0.3, -0.25) is 9.59 Å². The summed E-state index contributed by atoms with van der Waals surface area (Å²) in [5.41, 5.74) is 5.34. The Kier molecular flexibility index (Phi) is 8.35. The van der Waals surface area contributed by atoms with Crippen molar-refractivity contribution in [2.24, 2.45) is 5.73 Å².